The summed E-state index contributed by atoms with van der Waals surface area (Å²) in [6.45, 7) is 6.14. The Kier molecular flexibility index (Phi) is 9.30. The smallest absolute Gasteiger partial charge is 0.0155 e. The molecular weight excluding hydrogens is 307 g/mol. The summed E-state index contributed by atoms with van der Waals surface area (Å²) in [6.07, 6.45) is 0. The molecule has 16 heavy (non-hydrogen) atoms. The molecule has 0 fully saturated rings. The average molecular weight is 329 g/mol. The van der Waals surface area contributed by atoms with Gasteiger partial charge in [0.2, 0.25) is 0 Å². The van der Waals surface area contributed by atoms with Crippen LogP contribution in [0.25, 0.3) is 10.8 Å². The third kappa shape index (κ3) is 4.97. The summed E-state index contributed by atoms with van der Waals surface area (Å²) in [4.78, 5) is 4.47. The van der Waals surface area contributed by atoms with Gasteiger partial charge in [0, 0.05) is 0 Å². The second-order valence-corrected chi connectivity index (χ2v) is 5.33. The standard InChI is InChI=1S/C11H10.C2H6I.C2H6/c1-9-5-4-7-10-6-2-3-8-11(9)10;1-3-2;1-2/h2-8H,1H3;1-2H3;1-2H3/q;-1;. The Morgan fingerprint density at radius 2 is 1.31 bits per heavy atom. The molecule has 90 valence electrons. The van der Waals surface area contributed by atoms with Crippen LogP contribution in [0.15, 0.2) is 42.5 Å². The van der Waals surface area contributed by atoms with Crippen LogP contribution in [0.2, 0.25) is 0 Å². The van der Waals surface area contributed by atoms with E-state index < -0.39 is 0 Å². The van der Waals surface area contributed by atoms with Crippen LogP contribution in [0.3, 0.4) is 0 Å². The minimum atomic E-state index is 0.590. The van der Waals surface area contributed by atoms with E-state index in [1.807, 2.05) is 13.8 Å². The van der Waals surface area contributed by atoms with E-state index in [0.29, 0.717) is 21.2 Å². The van der Waals surface area contributed by atoms with Crippen molar-refractivity contribution >= 4 is 10.8 Å². The molecule has 0 saturated heterocycles. The van der Waals surface area contributed by atoms with E-state index in [0.717, 1.165) is 0 Å². The Bertz CT molecular complexity index is 388. The van der Waals surface area contributed by atoms with Crippen LogP contribution >= 0.6 is 0 Å². The van der Waals surface area contributed by atoms with Gasteiger partial charge in [0.1, 0.15) is 0 Å². The number of benzene rings is 2. The monoisotopic (exact) mass is 329 g/mol. The molecule has 0 radical (unpaired) electrons. The maximum atomic E-state index is 2.24. The fourth-order valence-corrected chi connectivity index (χ4v) is 1.39. The number of hydrogen-bond donors (Lipinski definition) is 0. The summed E-state index contributed by atoms with van der Waals surface area (Å²) >= 11 is 0.590. The Morgan fingerprint density at radius 3 is 1.88 bits per heavy atom. The molecule has 0 N–H and O–H groups in total. The van der Waals surface area contributed by atoms with Crippen molar-refractivity contribution in [2.24, 2.45) is 0 Å². The molecule has 0 saturated carbocycles. The molecule has 1 heteroatoms. The average Bonchev–Trinajstić information content (AvgIpc) is 2.33. The minimum Gasteiger partial charge on any atom is -0.0616 e. The third-order valence-corrected chi connectivity index (χ3v) is 2.01. The first-order chi connectivity index (χ1) is 7.79. The zero-order valence-electron chi connectivity index (χ0n) is 10.9. The first kappa shape index (κ1) is 15.4. The molecule has 0 bridgehead atoms. The van der Waals surface area contributed by atoms with Gasteiger partial charge in [-0.25, -0.2) is 0 Å². The normalized spacial score (nSPS) is 8.81. The van der Waals surface area contributed by atoms with Crippen molar-refractivity contribution in [2.75, 3.05) is 9.86 Å². The van der Waals surface area contributed by atoms with Crippen LogP contribution < -0.4 is 21.2 Å². The molecule has 0 aliphatic heterocycles. The van der Waals surface area contributed by atoms with Gasteiger partial charge in [0.25, 0.3) is 0 Å². The van der Waals surface area contributed by atoms with Crippen LogP contribution in [-0.4, -0.2) is 9.86 Å². The van der Waals surface area contributed by atoms with Gasteiger partial charge in [-0.2, -0.15) is 0 Å². The van der Waals surface area contributed by atoms with Crippen LogP contribution in [0.5, 0.6) is 0 Å². The number of fused-ring (bicyclic) bond motifs is 1. The van der Waals surface area contributed by atoms with Crippen LogP contribution in [0.1, 0.15) is 19.4 Å². The third-order valence-electron chi connectivity index (χ3n) is 2.01. The van der Waals surface area contributed by atoms with Crippen molar-refractivity contribution in [2.45, 2.75) is 20.8 Å². The topological polar surface area (TPSA) is 0 Å². The molecular formula is C15H22I-. The number of hydrogen-bond acceptors (Lipinski definition) is 0. The van der Waals surface area contributed by atoms with Crippen molar-refractivity contribution in [3.05, 3.63) is 48.0 Å². The maximum Gasteiger partial charge on any atom is -0.0155 e. The molecule has 0 nitrogen and oxygen atoms in total. The summed E-state index contributed by atoms with van der Waals surface area (Å²) in [6, 6.07) is 14.8. The zero-order chi connectivity index (χ0) is 12.4. The van der Waals surface area contributed by atoms with E-state index in [4.69, 9.17) is 0 Å². The van der Waals surface area contributed by atoms with Crippen LogP contribution in [0.4, 0.5) is 0 Å². The van der Waals surface area contributed by atoms with Crippen LogP contribution in [-0.2, 0) is 0 Å². The number of aryl methyl sites for hydroxylation is 1. The Morgan fingerprint density at radius 1 is 0.812 bits per heavy atom. The summed E-state index contributed by atoms with van der Waals surface area (Å²) in [7, 11) is 0. The fourth-order valence-electron chi connectivity index (χ4n) is 1.39. The SMILES string of the molecule is CC.C[I-]C.Cc1cccc2ccccc12. The van der Waals surface area contributed by atoms with Gasteiger partial charge < -0.3 is 0 Å². The first-order valence-corrected chi connectivity index (χ1v) is 9.89. The molecule has 0 amide bonds. The van der Waals surface area contributed by atoms with Gasteiger partial charge in [-0.15, -0.1) is 0 Å². The van der Waals surface area contributed by atoms with Crippen LogP contribution in [0, 0.1) is 6.92 Å². The van der Waals surface area contributed by atoms with E-state index in [2.05, 4.69) is 59.2 Å². The van der Waals surface area contributed by atoms with Crippen molar-refractivity contribution in [1.82, 2.24) is 0 Å². The first-order valence-electron chi connectivity index (χ1n) is 5.58. The summed E-state index contributed by atoms with van der Waals surface area (Å²) in [5.74, 6) is 0. The van der Waals surface area contributed by atoms with E-state index in [1.165, 1.54) is 16.3 Å². The van der Waals surface area contributed by atoms with E-state index in [9.17, 15) is 0 Å². The van der Waals surface area contributed by atoms with Gasteiger partial charge in [-0.1, -0.05) is 56.3 Å². The summed E-state index contributed by atoms with van der Waals surface area (Å²) < 4.78 is 0. The molecule has 2 rings (SSSR count). The van der Waals surface area contributed by atoms with Crippen molar-refractivity contribution < 1.29 is 21.2 Å². The summed E-state index contributed by atoms with van der Waals surface area (Å²) in [5, 5.41) is 2.68. The number of rotatable bonds is 0. The number of halogens is 1. The van der Waals surface area contributed by atoms with Crippen molar-refractivity contribution in [1.29, 1.82) is 0 Å². The second-order valence-electron chi connectivity index (χ2n) is 3.17. The quantitative estimate of drug-likeness (QED) is 0.508. The van der Waals surface area contributed by atoms with Gasteiger partial charge in [-0.3, -0.25) is 0 Å². The maximum absolute atomic E-state index is 2.24. The molecule has 2 aromatic rings. The molecule has 0 aliphatic rings. The largest absolute Gasteiger partial charge is 0.0616 e. The van der Waals surface area contributed by atoms with Gasteiger partial charge in [0.05, 0.1) is 0 Å². The fraction of sp³-hybridized carbons (Fsp3) is 0.333. The predicted molar refractivity (Wildman–Crippen MR) is 71.9 cm³/mol. The molecule has 0 heterocycles. The Hall–Kier alpha value is -0.570. The molecule has 2 aromatic carbocycles. The predicted octanol–water partition coefficient (Wildman–Crippen LogP) is 1.51. The Labute approximate surface area is 110 Å². The number of alkyl halides is 2. The van der Waals surface area contributed by atoms with Gasteiger partial charge in [-0.05, 0) is 23.3 Å². The molecule has 0 aromatic heterocycles. The van der Waals surface area contributed by atoms with E-state index in [-0.39, 0.29) is 0 Å². The molecule has 0 unspecified atom stereocenters. The van der Waals surface area contributed by atoms with Crippen molar-refractivity contribution in [3.63, 3.8) is 0 Å². The van der Waals surface area contributed by atoms with E-state index >= 15 is 0 Å². The molecule has 0 spiro atoms. The van der Waals surface area contributed by atoms with E-state index in [1.54, 1.807) is 0 Å². The summed E-state index contributed by atoms with van der Waals surface area (Å²) in [5.41, 5.74) is 1.35. The van der Waals surface area contributed by atoms with Crippen molar-refractivity contribution in [3.8, 4) is 0 Å². The zero-order valence-corrected chi connectivity index (χ0v) is 13.1. The second kappa shape index (κ2) is 9.64. The molecule has 0 atom stereocenters. The van der Waals surface area contributed by atoms with Gasteiger partial charge in [0.15, 0.2) is 0 Å². The Balaban J connectivity index is 0.000000394. The minimum absolute atomic E-state index is 0.590. The van der Waals surface area contributed by atoms with Gasteiger partial charge >= 0.3 is 31.1 Å². The molecule has 0 aliphatic carbocycles.